The van der Waals surface area contributed by atoms with Crippen LogP contribution >= 0.6 is 0 Å². The Kier molecular flexibility index (Phi) is 156. The van der Waals surface area contributed by atoms with Crippen molar-refractivity contribution in [2.24, 2.45) is 0 Å². The molecule has 0 aromatic rings. The molecule has 0 spiro atoms. The first-order chi connectivity index (χ1) is 0. The molecule has 0 aliphatic carbocycles. The van der Waals surface area contributed by atoms with Crippen LogP contribution in [0, 0.1) is 0 Å². The summed E-state index contributed by atoms with van der Waals surface area (Å²) >= 11 is 0. The van der Waals surface area contributed by atoms with Gasteiger partial charge in [-0.15, -0.1) is 0 Å². The van der Waals surface area contributed by atoms with E-state index in [1.807, 2.05) is 0 Å². The van der Waals surface area contributed by atoms with Crippen molar-refractivity contribution in [1.82, 2.24) is 0 Å². The second-order valence-electron chi connectivity index (χ2n) is 0. The van der Waals surface area contributed by atoms with Crippen LogP contribution in [-0.2, 0) is 73.1 Å². The molecular weight excluding hydrogens is 286 g/mol. The minimum absolute atomic E-state index is 0. The second-order valence-corrected chi connectivity index (χ2v) is 0. The first-order valence-corrected chi connectivity index (χ1v) is 0. The van der Waals surface area contributed by atoms with Crippen LogP contribution in [0.5, 0.6) is 0 Å². The van der Waals surface area contributed by atoms with E-state index in [9.17, 15) is 0 Å². The van der Waals surface area contributed by atoms with Crippen molar-refractivity contribution in [3.63, 3.8) is 0 Å². The van der Waals surface area contributed by atoms with Gasteiger partial charge in [-0.2, -0.15) is 0 Å². The fourth-order valence-electron chi connectivity index (χ4n) is 0. The molecule has 0 nitrogen and oxygen atoms in total. The molecule has 0 unspecified atom stereocenters. The van der Waals surface area contributed by atoms with Gasteiger partial charge < -0.3 is 0 Å². The number of hydrogen-bond donors (Lipinski definition) is 0. The molecule has 4 heteroatoms. The van der Waals surface area contributed by atoms with E-state index in [0.29, 0.717) is 0 Å². The van der Waals surface area contributed by atoms with Crippen molar-refractivity contribution in [3.8, 4) is 0 Å². The largest absolute Gasteiger partial charge is 0 e. The third-order valence-corrected chi connectivity index (χ3v) is 0. The molecule has 0 N–H and O–H groups in total. The van der Waals surface area contributed by atoms with Gasteiger partial charge >= 0.3 is 0 Å². The van der Waals surface area contributed by atoms with Gasteiger partial charge in [0.1, 0.15) is 0 Å². The van der Waals surface area contributed by atoms with Crippen molar-refractivity contribution >= 4 is 0 Å². The van der Waals surface area contributed by atoms with Crippen molar-refractivity contribution in [1.29, 1.82) is 0 Å². The van der Waals surface area contributed by atoms with E-state index >= 15 is 0 Å². The van der Waals surface area contributed by atoms with E-state index in [1.54, 1.807) is 0 Å². The summed E-state index contributed by atoms with van der Waals surface area (Å²) in [5.41, 5.74) is 0. The quantitative estimate of drug-likeness (QED) is 0.549. The fraction of sp³-hybridized carbons (Fsp3) is 0. The van der Waals surface area contributed by atoms with Gasteiger partial charge in [0.2, 0.25) is 0 Å². The van der Waals surface area contributed by atoms with Crippen LogP contribution in [0.2, 0.25) is 0 Å². The maximum absolute atomic E-state index is 0. The van der Waals surface area contributed by atoms with E-state index in [2.05, 4.69) is 0 Å². The third kappa shape index (κ3) is 8.86. The molecule has 0 aliphatic heterocycles. The zero-order valence-electron chi connectivity index (χ0n) is 1.72. The maximum atomic E-state index is 0. The molecule has 0 bridgehead atoms. The van der Waals surface area contributed by atoms with E-state index in [0.717, 1.165) is 0 Å². The Labute approximate surface area is 72.3 Å². The molecule has 0 atom stereocenters. The summed E-state index contributed by atoms with van der Waals surface area (Å²) in [7, 11) is 0. The first kappa shape index (κ1) is 33.6. The topological polar surface area (TPSA) is 0 Å². The zero-order chi connectivity index (χ0) is 0. The molecule has 0 saturated heterocycles. The summed E-state index contributed by atoms with van der Waals surface area (Å²) in [5.74, 6) is 0. The Bertz CT molecular complexity index is 8.00. The van der Waals surface area contributed by atoms with Crippen molar-refractivity contribution in [3.05, 3.63) is 0 Å². The van der Waals surface area contributed by atoms with Crippen molar-refractivity contribution < 1.29 is 73.1 Å². The van der Waals surface area contributed by atoms with Crippen LogP contribution in [0.25, 0.3) is 0 Å². The monoisotopic (exact) mass is 285 g/mol. The summed E-state index contributed by atoms with van der Waals surface area (Å²) in [6.07, 6.45) is 0. The Morgan fingerprint density at radius 1 is 1.00 bits per heavy atom. The van der Waals surface area contributed by atoms with E-state index in [4.69, 9.17) is 0 Å². The molecular formula is CuFeRuZn. The Morgan fingerprint density at radius 2 is 1.00 bits per heavy atom. The van der Waals surface area contributed by atoms with Gasteiger partial charge in [-0.25, -0.2) is 0 Å². The number of rotatable bonds is 0. The molecule has 0 fully saturated rings. The van der Waals surface area contributed by atoms with E-state index < -0.39 is 0 Å². The van der Waals surface area contributed by atoms with Crippen LogP contribution < -0.4 is 0 Å². The molecule has 29 valence electrons. The fourth-order valence-corrected chi connectivity index (χ4v) is 0. The molecule has 0 aromatic heterocycles. The Balaban J connectivity index is 0. The molecule has 0 aliphatic rings. The molecule has 0 heterocycles. The van der Waals surface area contributed by atoms with Gasteiger partial charge in [0.25, 0.3) is 0 Å². The minimum Gasteiger partial charge on any atom is 0 e. The molecule has 0 amide bonds. The van der Waals surface area contributed by atoms with Gasteiger partial charge in [-0.05, 0) is 0 Å². The smallest absolute Gasteiger partial charge is 0 e. The van der Waals surface area contributed by atoms with Gasteiger partial charge in [0.15, 0.2) is 0 Å². The Hall–Kier alpha value is 2.29. The van der Waals surface area contributed by atoms with Crippen molar-refractivity contribution in [2.45, 2.75) is 0 Å². The van der Waals surface area contributed by atoms with Crippen LogP contribution in [0.15, 0.2) is 0 Å². The molecule has 1 radical (unpaired) electrons. The third-order valence-electron chi connectivity index (χ3n) is 0. The van der Waals surface area contributed by atoms with Crippen molar-refractivity contribution in [2.75, 3.05) is 0 Å². The molecule has 0 saturated carbocycles. The van der Waals surface area contributed by atoms with Crippen LogP contribution in [0.1, 0.15) is 0 Å². The summed E-state index contributed by atoms with van der Waals surface area (Å²) < 4.78 is 0. The predicted molar refractivity (Wildman–Crippen MR) is 0 cm³/mol. The summed E-state index contributed by atoms with van der Waals surface area (Å²) in [6, 6.07) is 0. The molecule has 4 heavy (non-hydrogen) atoms. The SMILES string of the molecule is [Cu].[Fe].[Ru].[Zn]. The summed E-state index contributed by atoms with van der Waals surface area (Å²) in [4.78, 5) is 0. The average Bonchev–Trinajstić information content (AvgIpc) is 0. The van der Waals surface area contributed by atoms with Gasteiger partial charge in [-0.3, -0.25) is 0 Å². The van der Waals surface area contributed by atoms with Crippen LogP contribution in [-0.4, -0.2) is 0 Å². The van der Waals surface area contributed by atoms with Gasteiger partial charge in [-0.1, -0.05) is 0 Å². The molecule has 0 aromatic carbocycles. The second kappa shape index (κ2) is 18.6. The van der Waals surface area contributed by atoms with Gasteiger partial charge in [0.05, 0.1) is 0 Å². The van der Waals surface area contributed by atoms with E-state index in [1.165, 1.54) is 0 Å². The summed E-state index contributed by atoms with van der Waals surface area (Å²) in [5, 5.41) is 0. The zero-order valence-corrected chi connectivity index (χ0v) is 8.47. The van der Waals surface area contributed by atoms with Crippen LogP contribution in [0.4, 0.5) is 0 Å². The van der Waals surface area contributed by atoms with Gasteiger partial charge in [0, 0.05) is 73.1 Å². The first-order valence-electron chi connectivity index (χ1n) is 0. The Morgan fingerprint density at radius 3 is 1.00 bits per heavy atom. The number of hydrogen-bond acceptors (Lipinski definition) is 0. The summed E-state index contributed by atoms with van der Waals surface area (Å²) in [6.45, 7) is 0. The maximum Gasteiger partial charge on any atom is 0 e. The minimum atomic E-state index is 0. The average molecular weight is 286 g/mol. The normalized spacial score (nSPS) is 0. The van der Waals surface area contributed by atoms with Crippen LogP contribution in [0.3, 0.4) is 0 Å². The van der Waals surface area contributed by atoms with E-state index in [-0.39, 0.29) is 73.1 Å². The molecule has 0 rings (SSSR count). The standard InChI is InChI=1S/Cu.Fe.Ru.Zn. The predicted octanol–water partition coefficient (Wildman–Crippen LogP) is -0.0100.